The highest BCUT2D eigenvalue weighted by molar-refractivity contribution is 5.48. The molecule has 5 nitrogen and oxygen atoms in total. The Balaban J connectivity index is 1.57. The molecule has 0 radical (unpaired) electrons. The van der Waals surface area contributed by atoms with Crippen LogP contribution in [-0.4, -0.2) is 22.1 Å². The molecular weight excluding hydrogens is 359 g/mol. The Morgan fingerprint density at radius 3 is 2.44 bits per heavy atom. The molecule has 0 unspecified atom stereocenters. The number of hydrogen-bond donors (Lipinski definition) is 0. The first-order chi connectivity index (χ1) is 12.9. The quantitative estimate of drug-likeness (QED) is 0.767. The van der Waals surface area contributed by atoms with Crippen LogP contribution >= 0.6 is 0 Å². The Morgan fingerprint density at radius 1 is 1.11 bits per heavy atom. The zero-order chi connectivity index (χ0) is 19.2. The minimum absolute atomic E-state index is 0.0616. The molecule has 1 aliphatic heterocycles. The second kappa shape index (κ2) is 6.58. The van der Waals surface area contributed by atoms with Gasteiger partial charge in [-0.05, 0) is 30.5 Å². The molecule has 0 N–H and O–H groups in total. The van der Waals surface area contributed by atoms with Gasteiger partial charge in [-0.15, -0.1) is 0 Å². The molecule has 1 spiro atoms. The molecule has 144 valence electrons. The van der Waals surface area contributed by atoms with Gasteiger partial charge in [0.1, 0.15) is 12.4 Å². The summed E-state index contributed by atoms with van der Waals surface area (Å²) in [4.78, 5) is 18.5. The van der Waals surface area contributed by atoms with E-state index in [0.29, 0.717) is 6.54 Å². The van der Waals surface area contributed by atoms with Gasteiger partial charge in [0.15, 0.2) is 17.5 Å². The SMILES string of the molecule is CN1c2cc(OCc3cc(F)c(F)c(F)c3)nc(=O)n2CC12CCCCC2. The highest BCUT2D eigenvalue weighted by atomic mass is 19.2. The van der Waals surface area contributed by atoms with Gasteiger partial charge in [-0.25, -0.2) is 18.0 Å². The first-order valence-corrected chi connectivity index (χ1v) is 9.02. The summed E-state index contributed by atoms with van der Waals surface area (Å²) in [5, 5.41) is 0. The zero-order valence-electron chi connectivity index (χ0n) is 15.0. The van der Waals surface area contributed by atoms with Crippen molar-refractivity contribution < 1.29 is 17.9 Å². The highest BCUT2D eigenvalue weighted by Crippen LogP contribution is 2.41. The van der Waals surface area contributed by atoms with Crippen molar-refractivity contribution in [2.75, 3.05) is 11.9 Å². The lowest BCUT2D eigenvalue weighted by atomic mass is 9.81. The van der Waals surface area contributed by atoms with Gasteiger partial charge in [0.05, 0.1) is 12.1 Å². The molecule has 27 heavy (non-hydrogen) atoms. The predicted octanol–water partition coefficient (Wildman–Crippen LogP) is 3.39. The predicted molar refractivity (Wildman–Crippen MR) is 93.4 cm³/mol. The average Bonchev–Trinajstić information content (AvgIpc) is 2.91. The number of hydrogen-bond acceptors (Lipinski definition) is 4. The first kappa shape index (κ1) is 17.9. The molecule has 0 amide bonds. The van der Waals surface area contributed by atoms with Gasteiger partial charge in [-0.2, -0.15) is 4.98 Å². The maximum Gasteiger partial charge on any atom is 0.352 e. The molecule has 2 aromatic rings. The summed E-state index contributed by atoms with van der Waals surface area (Å²) in [7, 11) is 1.97. The van der Waals surface area contributed by atoms with Gasteiger partial charge in [-0.1, -0.05) is 19.3 Å². The minimum Gasteiger partial charge on any atom is -0.473 e. The van der Waals surface area contributed by atoms with Crippen molar-refractivity contribution in [1.82, 2.24) is 9.55 Å². The molecule has 4 rings (SSSR count). The van der Waals surface area contributed by atoms with Gasteiger partial charge >= 0.3 is 5.69 Å². The number of benzene rings is 1. The van der Waals surface area contributed by atoms with E-state index in [1.165, 1.54) is 6.42 Å². The van der Waals surface area contributed by atoms with Crippen LogP contribution in [0.4, 0.5) is 19.0 Å². The van der Waals surface area contributed by atoms with Crippen LogP contribution < -0.4 is 15.3 Å². The standard InChI is InChI=1S/C19H20F3N3O2/c1-24-16-9-15(27-10-12-7-13(20)17(22)14(21)8-12)23-18(26)25(16)11-19(24)5-3-2-4-6-19/h7-9H,2-6,10-11H2,1H3. The van der Waals surface area contributed by atoms with Gasteiger partial charge in [-0.3, -0.25) is 4.57 Å². The van der Waals surface area contributed by atoms with Gasteiger partial charge in [0.25, 0.3) is 0 Å². The summed E-state index contributed by atoms with van der Waals surface area (Å²) < 4.78 is 46.8. The summed E-state index contributed by atoms with van der Waals surface area (Å²) >= 11 is 0. The van der Waals surface area contributed by atoms with Crippen LogP contribution in [0.25, 0.3) is 0 Å². The molecule has 0 saturated heterocycles. The number of likely N-dealkylation sites (N-methyl/N-ethyl adjacent to an activating group) is 1. The van der Waals surface area contributed by atoms with E-state index in [0.717, 1.165) is 43.6 Å². The van der Waals surface area contributed by atoms with Crippen LogP contribution in [0.1, 0.15) is 37.7 Å². The smallest absolute Gasteiger partial charge is 0.352 e. The lowest BCUT2D eigenvalue weighted by Crippen LogP contribution is -2.46. The largest absolute Gasteiger partial charge is 0.473 e. The zero-order valence-corrected chi connectivity index (χ0v) is 15.0. The summed E-state index contributed by atoms with van der Waals surface area (Å²) in [5.74, 6) is -3.28. The number of fused-ring (bicyclic) bond motifs is 1. The Morgan fingerprint density at radius 2 is 1.78 bits per heavy atom. The van der Waals surface area contributed by atoms with E-state index in [2.05, 4.69) is 9.88 Å². The van der Waals surface area contributed by atoms with Crippen LogP contribution in [0, 0.1) is 17.5 Å². The van der Waals surface area contributed by atoms with Gasteiger partial charge in [0, 0.05) is 13.1 Å². The van der Waals surface area contributed by atoms with E-state index in [9.17, 15) is 18.0 Å². The molecule has 1 aromatic heterocycles. The number of rotatable bonds is 3. The third-order valence-corrected chi connectivity index (χ3v) is 5.69. The molecule has 1 aromatic carbocycles. The van der Waals surface area contributed by atoms with Crippen LogP contribution in [0.3, 0.4) is 0 Å². The Kier molecular flexibility index (Phi) is 4.36. The van der Waals surface area contributed by atoms with Crippen molar-refractivity contribution in [1.29, 1.82) is 0 Å². The molecule has 1 saturated carbocycles. The fourth-order valence-corrected chi connectivity index (χ4v) is 4.17. The Hall–Kier alpha value is -2.51. The van der Waals surface area contributed by atoms with Crippen LogP contribution in [0.15, 0.2) is 23.0 Å². The summed E-state index contributed by atoms with van der Waals surface area (Å²) in [5.41, 5.74) is -0.354. The third kappa shape index (κ3) is 3.07. The van der Waals surface area contributed by atoms with Crippen LogP contribution in [-0.2, 0) is 13.2 Å². The first-order valence-electron chi connectivity index (χ1n) is 9.02. The van der Waals surface area contributed by atoms with E-state index < -0.39 is 23.1 Å². The Labute approximate surface area is 154 Å². The number of halogens is 3. The molecule has 1 fully saturated rings. The molecular formula is C19H20F3N3O2. The fourth-order valence-electron chi connectivity index (χ4n) is 4.17. The van der Waals surface area contributed by atoms with Gasteiger partial charge in [0.2, 0.25) is 5.88 Å². The number of aromatic nitrogens is 2. The number of anilines is 1. The third-order valence-electron chi connectivity index (χ3n) is 5.69. The number of nitrogens with zero attached hydrogens (tertiary/aromatic N) is 3. The summed E-state index contributed by atoms with van der Waals surface area (Å²) in [6.07, 6.45) is 5.51. The second-order valence-corrected chi connectivity index (χ2v) is 7.33. The lowest BCUT2D eigenvalue weighted by molar-refractivity contribution is 0.275. The van der Waals surface area contributed by atoms with Crippen molar-refractivity contribution in [3.05, 3.63) is 51.7 Å². The summed E-state index contributed by atoms with van der Waals surface area (Å²) in [6, 6.07) is 3.39. The van der Waals surface area contributed by atoms with E-state index in [4.69, 9.17) is 4.74 Å². The second-order valence-electron chi connectivity index (χ2n) is 7.33. The molecule has 2 heterocycles. The van der Waals surface area contributed by atoms with E-state index in [1.807, 2.05) is 7.05 Å². The van der Waals surface area contributed by atoms with Gasteiger partial charge < -0.3 is 9.64 Å². The molecule has 0 bridgehead atoms. The normalized spacial score (nSPS) is 18.0. The fraction of sp³-hybridized carbons (Fsp3) is 0.474. The molecule has 1 aliphatic carbocycles. The van der Waals surface area contributed by atoms with E-state index in [1.54, 1.807) is 10.6 Å². The maximum atomic E-state index is 13.3. The van der Waals surface area contributed by atoms with Crippen LogP contribution in [0.5, 0.6) is 5.88 Å². The summed E-state index contributed by atoms with van der Waals surface area (Å²) in [6.45, 7) is 0.387. The number of ether oxygens (including phenoxy) is 1. The van der Waals surface area contributed by atoms with Crippen molar-refractivity contribution in [3.8, 4) is 5.88 Å². The van der Waals surface area contributed by atoms with Crippen molar-refractivity contribution in [3.63, 3.8) is 0 Å². The van der Waals surface area contributed by atoms with Crippen molar-refractivity contribution in [2.45, 2.75) is 50.8 Å². The molecule has 0 atom stereocenters. The Bertz CT molecular complexity index is 915. The molecule has 8 heteroatoms. The van der Waals surface area contributed by atoms with Crippen LogP contribution in [0.2, 0.25) is 0 Å². The monoisotopic (exact) mass is 379 g/mol. The van der Waals surface area contributed by atoms with Crippen molar-refractivity contribution >= 4 is 5.82 Å². The highest BCUT2D eigenvalue weighted by Gasteiger charge is 2.43. The minimum atomic E-state index is -1.52. The van der Waals surface area contributed by atoms with Crippen molar-refractivity contribution in [2.24, 2.45) is 0 Å². The average molecular weight is 379 g/mol. The lowest BCUT2D eigenvalue weighted by Gasteiger charge is -2.39. The van der Waals surface area contributed by atoms with E-state index >= 15 is 0 Å². The maximum absolute atomic E-state index is 13.3. The van der Waals surface area contributed by atoms with E-state index in [-0.39, 0.29) is 23.6 Å². The topological polar surface area (TPSA) is 47.4 Å². The molecule has 2 aliphatic rings.